The van der Waals surface area contributed by atoms with Crippen molar-refractivity contribution in [1.29, 1.82) is 0 Å². The van der Waals surface area contributed by atoms with Crippen LogP contribution in [0.25, 0.3) is 0 Å². The number of rotatable bonds is 8. The lowest BCUT2D eigenvalue weighted by Gasteiger charge is -2.22. The molecule has 24 heavy (non-hydrogen) atoms. The summed E-state index contributed by atoms with van der Waals surface area (Å²) >= 11 is 0. The van der Waals surface area contributed by atoms with Gasteiger partial charge >= 0.3 is 0 Å². The molecule has 134 valence electrons. The van der Waals surface area contributed by atoms with Crippen molar-refractivity contribution in [3.63, 3.8) is 0 Å². The van der Waals surface area contributed by atoms with Gasteiger partial charge in [-0.05, 0) is 62.2 Å². The van der Waals surface area contributed by atoms with Crippen LogP contribution < -0.4 is 5.32 Å². The molecule has 1 aromatic rings. The monoisotopic (exact) mass is 354 g/mol. The van der Waals surface area contributed by atoms with E-state index in [2.05, 4.69) is 10.3 Å². The molecule has 2 N–H and O–H groups in total. The number of pyridine rings is 1. The highest BCUT2D eigenvalue weighted by Crippen LogP contribution is 2.47. The van der Waals surface area contributed by atoms with Gasteiger partial charge in [0.25, 0.3) is 0 Å². The Hall–Kier alpha value is -1.02. The van der Waals surface area contributed by atoms with Gasteiger partial charge in [0.1, 0.15) is 0 Å². The second-order valence-electron chi connectivity index (χ2n) is 6.79. The van der Waals surface area contributed by atoms with E-state index in [9.17, 15) is 8.42 Å². The van der Waals surface area contributed by atoms with Gasteiger partial charge < -0.3 is 15.2 Å². The Morgan fingerprint density at radius 2 is 2.08 bits per heavy atom. The molecule has 2 aliphatic rings. The number of aromatic nitrogens is 1. The Kier molecular flexibility index (Phi) is 5.86. The van der Waals surface area contributed by atoms with Gasteiger partial charge in [-0.15, -0.1) is 0 Å². The number of hydrogen-bond donors (Lipinski definition) is 2. The standard InChI is InChI=1S/C17H26N2O4S/c20-7-8-24(21,22)16-2-1-15(19-10-16)12-23-11-14-9-17(14)13-3-5-18-6-4-13/h1-2,10,13-14,17-18,20H,3-9,11-12H2/t14-,17?/m0/s1. The molecule has 0 spiro atoms. The fourth-order valence-corrected chi connectivity index (χ4v) is 4.51. The van der Waals surface area contributed by atoms with Crippen molar-refractivity contribution < 1.29 is 18.3 Å². The number of piperidine rings is 1. The quantitative estimate of drug-likeness (QED) is 0.724. The largest absolute Gasteiger partial charge is 0.395 e. The summed E-state index contributed by atoms with van der Waals surface area (Å²) in [7, 11) is -3.43. The zero-order chi connectivity index (χ0) is 17.0. The summed E-state index contributed by atoms with van der Waals surface area (Å²) < 4.78 is 29.4. The Morgan fingerprint density at radius 3 is 2.75 bits per heavy atom. The van der Waals surface area contributed by atoms with Crippen LogP contribution >= 0.6 is 0 Å². The smallest absolute Gasteiger partial charge is 0.182 e. The lowest BCUT2D eigenvalue weighted by Crippen LogP contribution is -2.29. The van der Waals surface area contributed by atoms with Crippen LogP contribution in [0.3, 0.4) is 0 Å². The molecule has 2 fully saturated rings. The normalized spacial score (nSPS) is 24.9. The summed E-state index contributed by atoms with van der Waals surface area (Å²) in [4.78, 5) is 4.31. The Labute approximate surface area is 143 Å². The average Bonchev–Trinajstić information content (AvgIpc) is 3.36. The Morgan fingerprint density at radius 1 is 1.29 bits per heavy atom. The van der Waals surface area contributed by atoms with Crippen LogP contribution in [0.4, 0.5) is 0 Å². The van der Waals surface area contributed by atoms with E-state index < -0.39 is 9.84 Å². The van der Waals surface area contributed by atoms with Crippen molar-refractivity contribution in [2.75, 3.05) is 32.1 Å². The number of nitrogens with zero attached hydrogens (tertiary/aromatic N) is 1. The second-order valence-corrected chi connectivity index (χ2v) is 8.90. The minimum absolute atomic E-state index is 0.147. The van der Waals surface area contributed by atoms with Crippen LogP contribution in [0.15, 0.2) is 23.2 Å². The molecule has 1 saturated heterocycles. The van der Waals surface area contributed by atoms with Gasteiger partial charge in [-0.2, -0.15) is 0 Å². The SMILES string of the molecule is O=S(=O)(CCO)c1ccc(COC[C@@H]2CC2C2CCNCC2)nc1. The predicted octanol–water partition coefficient (Wildman–Crippen LogP) is 1.000. The van der Waals surface area contributed by atoms with E-state index in [-0.39, 0.29) is 17.3 Å². The minimum atomic E-state index is -3.43. The highest BCUT2D eigenvalue weighted by Gasteiger charge is 2.42. The third kappa shape index (κ3) is 4.53. The number of hydrogen-bond acceptors (Lipinski definition) is 6. The molecular weight excluding hydrogens is 328 g/mol. The summed E-state index contributed by atoms with van der Waals surface area (Å²) in [6.45, 7) is 3.08. The first-order valence-corrected chi connectivity index (χ1v) is 10.3. The number of aliphatic hydroxyl groups is 1. The summed E-state index contributed by atoms with van der Waals surface area (Å²) in [5.74, 6) is 2.09. The molecule has 3 rings (SSSR count). The van der Waals surface area contributed by atoms with E-state index in [0.717, 1.165) is 37.2 Å². The first-order chi connectivity index (χ1) is 11.6. The molecule has 2 atom stereocenters. The summed E-state index contributed by atoms with van der Waals surface area (Å²) in [6, 6.07) is 3.22. The highest BCUT2D eigenvalue weighted by atomic mass is 32.2. The molecule has 6 nitrogen and oxygen atoms in total. The lowest BCUT2D eigenvalue weighted by molar-refractivity contribution is 0.101. The molecule has 1 aromatic heterocycles. The molecular formula is C17H26N2O4S. The maximum atomic E-state index is 11.8. The molecule has 1 unspecified atom stereocenters. The maximum absolute atomic E-state index is 11.8. The van der Waals surface area contributed by atoms with Crippen LogP contribution in [0.5, 0.6) is 0 Å². The van der Waals surface area contributed by atoms with Gasteiger partial charge in [-0.25, -0.2) is 8.42 Å². The first-order valence-electron chi connectivity index (χ1n) is 8.67. The molecule has 0 bridgehead atoms. The van der Waals surface area contributed by atoms with Crippen molar-refractivity contribution in [3.05, 3.63) is 24.0 Å². The highest BCUT2D eigenvalue weighted by molar-refractivity contribution is 7.91. The molecule has 0 amide bonds. The van der Waals surface area contributed by atoms with E-state index in [1.807, 2.05) is 0 Å². The van der Waals surface area contributed by atoms with Crippen molar-refractivity contribution in [1.82, 2.24) is 10.3 Å². The van der Waals surface area contributed by atoms with Crippen LogP contribution in [-0.4, -0.2) is 50.6 Å². The minimum Gasteiger partial charge on any atom is -0.395 e. The van der Waals surface area contributed by atoms with Gasteiger partial charge in [0, 0.05) is 6.20 Å². The van der Waals surface area contributed by atoms with Crippen molar-refractivity contribution in [2.45, 2.75) is 30.8 Å². The van der Waals surface area contributed by atoms with E-state index in [1.54, 1.807) is 6.07 Å². The Balaban J connectivity index is 1.41. The predicted molar refractivity (Wildman–Crippen MR) is 90.2 cm³/mol. The van der Waals surface area contributed by atoms with E-state index in [0.29, 0.717) is 12.5 Å². The lowest BCUT2D eigenvalue weighted by atomic mass is 9.92. The number of ether oxygens (including phenoxy) is 1. The molecule has 0 aromatic carbocycles. The zero-order valence-electron chi connectivity index (χ0n) is 13.9. The van der Waals surface area contributed by atoms with Crippen molar-refractivity contribution in [3.8, 4) is 0 Å². The average molecular weight is 354 g/mol. The van der Waals surface area contributed by atoms with Crippen LogP contribution in [0.2, 0.25) is 0 Å². The third-order valence-electron chi connectivity index (χ3n) is 5.07. The summed E-state index contributed by atoms with van der Waals surface area (Å²) in [5, 5.41) is 12.2. The van der Waals surface area contributed by atoms with Gasteiger partial charge in [0.2, 0.25) is 0 Å². The van der Waals surface area contributed by atoms with E-state index in [4.69, 9.17) is 9.84 Å². The zero-order valence-corrected chi connectivity index (χ0v) is 14.7. The molecule has 2 heterocycles. The van der Waals surface area contributed by atoms with Gasteiger partial charge in [0.15, 0.2) is 9.84 Å². The van der Waals surface area contributed by atoms with Crippen molar-refractivity contribution in [2.24, 2.45) is 17.8 Å². The Bertz CT molecular complexity index is 626. The second kappa shape index (κ2) is 7.91. The molecule has 1 aliphatic carbocycles. The van der Waals surface area contributed by atoms with Gasteiger partial charge in [-0.3, -0.25) is 4.98 Å². The van der Waals surface area contributed by atoms with E-state index in [1.165, 1.54) is 31.5 Å². The van der Waals surface area contributed by atoms with Gasteiger partial charge in [-0.1, -0.05) is 0 Å². The topological polar surface area (TPSA) is 88.5 Å². The molecule has 0 radical (unpaired) electrons. The maximum Gasteiger partial charge on any atom is 0.182 e. The van der Waals surface area contributed by atoms with Crippen LogP contribution in [0, 0.1) is 17.8 Å². The summed E-state index contributed by atoms with van der Waals surface area (Å²) in [5.41, 5.74) is 0.733. The number of sulfone groups is 1. The third-order valence-corrected chi connectivity index (χ3v) is 6.74. The van der Waals surface area contributed by atoms with Crippen LogP contribution in [-0.2, 0) is 21.2 Å². The fourth-order valence-electron chi connectivity index (χ4n) is 3.55. The van der Waals surface area contributed by atoms with Crippen LogP contribution in [0.1, 0.15) is 25.0 Å². The molecule has 7 heteroatoms. The van der Waals surface area contributed by atoms with Gasteiger partial charge in [0.05, 0.1) is 36.2 Å². The first kappa shape index (κ1) is 17.8. The fraction of sp³-hybridized carbons (Fsp3) is 0.706. The molecule has 1 aliphatic heterocycles. The summed E-state index contributed by atoms with van der Waals surface area (Å²) in [6.07, 6.45) is 5.19. The number of aliphatic hydroxyl groups excluding tert-OH is 1. The number of nitrogens with one attached hydrogen (secondary N) is 1. The van der Waals surface area contributed by atoms with Crippen molar-refractivity contribution >= 4 is 9.84 Å². The molecule has 1 saturated carbocycles. The van der Waals surface area contributed by atoms with E-state index >= 15 is 0 Å².